The fraction of sp³-hybridized carbons (Fsp3) is 0.438. The van der Waals surface area contributed by atoms with Crippen molar-refractivity contribution in [2.45, 2.75) is 45.7 Å². The number of benzene rings is 1. The predicted molar refractivity (Wildman–Crippen MR) is 86.7 cm³/mol. The molecule has 1 heterocycles. The summed E-state index contributed by atoms with van der Waals surface area (Å²) in [5.41, 5.74) is 1.28. The first kappa shape index (κ1) is 16.0. The van der Waals surface area contributed by atoms with Gasteiger partial charge in [0.1, 0.15) is 0 Å². The maximum absolute atomic E-state index is 11.9. The summed E-state index contributed by atoms with van der Waals surface area (Å²) in [6.45, 7) is 4.86. The van der Waals surface area contributed by atoms with Gasteiger partial charge in [0.05, 0.1) is 6.20 Å². The highest BCUT2D eigenvalue weighted by atomic mass is 16.2. The van der Waals surface area contributed by atoms with Crippen LogP contribution in [0.5, 0.6) is 0 Å². The lowest BCUT2D eigenvalue weighted by Gasteiger charge is -2.13. The molecule has 22 heavy (non-hydrogen) atoms. The van der Waals surface area contributed by atoms with Crippen molar-refractivity contribution in [3.05, 3.63) is 42.1 Å². The first-order chi connectivity index (χ1) is 10.7. The average molecular weight is 301 g/mol. The summed E-state index contributed by atoms with van der Waals surface area (Å²) in [5.74, 6) is 0.473. The number of anilines is 1. The van der Waals surface area contributed by atoms with Crippen LogP contribution in [0.25, 0.3) is 0 Å². The molecule has 6 nitrogen and oxygen atoms in total. The molecule has 0 saturated carbocycles. The normalized spacial score (nSPS) is 11.9. The van der Waals surface area contributed by atoms with E-state index >= 15 is 0 Å². The van der Waals surface area contributed by atoms with Crippen molar-refractivity contribution >= 4 is 11.8 Å². The molecule has 0 radical (unpaired) electrons. The van der Waals surface area contributed by atoms with Crippen LogP contribution in [0.15, 0.2) is 36.5 Å². The van der Waals surface area contributed by atoms with Crippen LogP contribution in [-0.4, -0.2) is 27.1 Å². The van der Waals surface area contributed by atoms with Gasteiger partial charge in [-0.2, -0.15) is 0 Å². The maximum atomic E-state index is 11.9. The van der Waals surface area contributed by atoms with Crippen molar-refractivity contribution in [3.8, 4) is 0 Å². The van der Waals surface area contributed by atoms with E-state index in [1.54, 1.807) is 10.9 Å². The number of hydrogen-bond donors (Lipinski definition) is 2. The lowest BCUT2D eigenvalue weighted by molar-refractivity contribution is 0.248. The maximum Gasteiger partial charge on any atom is 0.320 e. The lowest BCUT2D eigenvalue weighted by Crippen LogP contribution is -2.36. The molecular formula is C16H23N5O. The van der Waals surface area contributed by atoms with Crippen molar-refractivity contribution in [2.75, 3.05) is 5.32 Å². The Labute approximate surface area is 130 Å². The summed E-state index contributed by atoms with van der Waals surface area (Å²) >= 11 is 0. The van der Waals surface area contributed by atoms with Gasteiger partial charge in [0.2, 0.25) is 0 Å². The minimum atomic E-state index is -0.246. The highest BCUT2D eigenvalue weighted by Crippen LogP contribution is 2.05. The number of amides is 2. The van der Waals surface area contributed by atoms with Gasteiger partial charge in [0.15, 0.2) is 5.82 Å². The van der Waals surface area contributed by atoms with E-state index in [0.29, 0.717) is 5.82 Å². The summed E-state index contributed by atoms with van der Waals surface area (Å²) in [6.07, 6.45) is 4.54. The summed E-state index contributed by atoms with van der Waals surface area (Å²) in [4.78, 5) is 11.9. The molecule has 0 bridgehead atoms. The number of rotatable bonds is 7. The molecule has 1 aromatic carbocycles. The summed E-state index contributed by atoms with van der Waals surface area (Å²) < 4.78 is 1.72. The van der Waals surface area contributed by atoms with Crippen LogP contribution in [0.3, 0.4) is 0 Å². The number of urea groups is 1. The van der Waals surface area contributed by atoms with Gasteiger partial charge in [-0.25, -0.2) is 4.79 Å². The largest absolute Gasteiger partial charge is 0.335 e. The van der Waals surface area contributed by atoms with Crippen LogP contribution in [0.1, 0.15) is 32.3 Å². The standard InChI is InChI=1S/C16H23N5O/c1-3-11-21-12-15(19-20-21)18-16(22)17-13(2)9-10-14-7-5-4-6-8-14/h4-8,12-13H,3,9-11H2,1-2H3,(H2,17,18,22)/t13-/m1/s1. The molecule has 1 atom stereocenters. The fourth-order valence-corrected chi connectivity index (χ4v) is 2.17. The minimum Gasteiger partial charge on any atom is -0.335 e. The molecule has 0 aliphatic rings. The first-order valence-corrected chi connectivity index (χ1v) is 7.69. The van der Waals surface area contributed by atoms with E-state index in [9.17, 15) is 4.79 Å². The van der Waals surface area contributed by atoms with Crippen molar-refractivity contribution in [3.63, 3.8) is 0 Å². The van der Waals surface area contributed by atoms with Crippen LogP contribution >= 0.6 is 0 Å². The zero-order chi connectivity index (χ0) is 15.8. The zero-order valence-corrected chi connectivity index (χ0v) is 13.1. The Morgan fingerprint density at radius 2 is 2.09 bits per heavy atom. The van der Waals surface area contributed by atoms with Crippen LogP contribution in [0.4, 0.5) is 10.6 Å². The first-order valence-electron chi connectivity index (χ1n) is 7.69. The van der Waals surface area contributed by atoms with E-state index in [1.165, 1.54) is 5.56 Å². The second kappa shape index (κ2) is 8.17. The number of carbonyl (C=O) groups excluding carboxylic acids is 1. The summed E-state index contributed by atoms with van der Waals surface area (Å²) in [7, 11) is 0. The monoisotopic (exact) mass is 301 g/mol. The fourth-order valence-electron chi connectivity index (χ4n) is 2.17. The summed E-state index contributed by atoms with van der Waals surface area (Å²) in [6, 6.07) is 10.1. The Bertz CT molecular complexity index is 581. The zero-order valence-electron chi connectivity index (χ0n) is 13.1. The molecule has 0 unspecified atom stereocenters. The van der Waals surface area contributed by atoms with Gasteiger partial charge in [-0.3, -0.25) is 10.00 Å². The van der Waals surface area contributed by atoms with E-state index in [1.807, 2.05) is 25.1 Å². The molecule has 118 valence electrons. The number of nitrogens with one attached hydrogen (secondary N) is 2. The molecule has 6 heteroatoms. The number of hydrogen-bond acceptors (Lipinski definition) is 3. The van der Waals surface area contributed by atoms with E-state index in [2.05, 4.69) is 40.0 Å². The molecule has 1 aromatic heterocycles. The van der Waals surface area contributed by atoms with Crippen LogP contribution in [0, 0.1) is 0 Å². The molecule has 2 N–H and O–H groups in total. The van der Waals surface area contributed by atoms with Gasteiger partial charge < -0.3 is 5.32 Å². The number of aryl methyl sites for hydroxylation is 2. The SMILES string of the molecule is CCCn1cc(NC(=O)N[C@H](C)CCc2ccccc2)nn1. The Balaban J connectivity index is 1.73. The van der Waals surface area contributed by atoms with Gasteiger partial charge in [-0.15, -0.1) is 5.10 Å². The molecule has 2 aromatic rings. The molecule has 2 rings (SSSR count). The second-order valence-electron chi connectivity index (χ2n) is 5.39. The van der Waals surface area contributed by atoms with Crippen molar-refractivity contribution in [2.24, 2.45) is 0 Å². The number of nitrogens with zero attached hydrogens (tertiary/aromatic N) is 3. The van der Waals surface area contributed by atoms with Gasteiger partial charge >= 0.3 is 6.03 Å². The van der Waals surface area contributed by atoms with Gasteiger partial charge in [-0.05, 0) is 31.7 Å². The van der Waals surface area contributed by atoms with Crippen LogP contribution in [-0.2, 0) is 13.0 Å². The van der Waals surface area contributed by atoms with Crippen LogP contribution in [0.2, 0.25) is 0 Å². The Kier molecular flexibility index (Phi) is 5.94. The number of aromatic nitrogens is 3. The van der Waals surface area contributed by atoms with E-state index < -0.39 is 0 Å². The van der Waals surface area contributed by atoms with E-state index in [-0.39, 0.29) is 12.1 Å². The molecule has 0 fully saturated rings. The molecule has 2 amide bonds. The van der Waals surface area contributed by atoms with Crippen molar-refractivity contribution in [1.29, 1.82) is 0 Å². The van der Waals surface area contributed by atoms with Crippen molar-refractivity contribution < 1.29 is 4.79 Å². The smallest absolute Gasteiger partial charge is 0.320 e. The van der Waals surface area contributed by atoms with E-state index in [4.69, 9.17) is 0 Å². The Morgan fingerprint density at radius 1 is 1.32 bits per heavy atom. The topological polar surface area (TPSA) is 71.8 Å². The Hall–Kier alpha value is -2.37. The Morgan fingerprint density at radius 3 is 2.82 bits per heavy atom. The third-order valence-electron chi connectivity index (χ3n) is 3.32. The van der Waals surface area contributed by atoms with Crippen molar-refractivity contribution in [1.82, 2.24) is 20.3 Å². The van der Waals surface area contributed by atoms with Gasteiger partial charge in [-0.1, -0.05) is 42.5 Å². The minimum absolute atomic E-state index is 0.0888. The predicted octanol–water partition coefficient (Wildman–Crippen LogP) is 2.83. The second-order valence-corrected chi connectivity index (χ2v) is 5.39. The quantitative estimate of drug-likeness (QED) is 0.826. The van der Waals surface area contributed by atoms with E-state index in [0.717, 1.165) is 25.8 Å². The van der Waals surface area contributed by atoms with Gasteiger partial charge in [0.25, 0.3) is 0 Å². The third kappa shape index (κ3) is 5.20. The molecule has 0 aliphatic heterocycles. The average Bonchev–Trinajstić information content (AvgIpc) is 2.93. The third-order valence-corrected chi connectivity index (χ3v) is 3.32. The van der Waals surface area contributed by atoms with Crippen LogP contribution < -0.4 is 10.6 Å². The molecular weight excluding hydrogens is 278 g/mol. The summed E-state index contributed by atoms with van der Waals surface area (Å²) in [5, 5.41) is 13.5. The molecule has 0 spiro atoms. The van der Waals surface area contributed by atoms with Gasteiger partial charge in [0, 0.05) is 12.6 Å². The molecule has 0 saturated heterocycles. The molecule has 0 aliphatic carbocycles. The number of carbonyl (C=O) groups is 1. The lowest BCUT2D eigenvalue weighted by atomic mass is 10.1. The highest BCUT2D eigenvalue weighted by molar-refractivity contribution is 5.88. The highest BCUT2D eigenvalue weighted by Gasteiger charge is 2.09.